The van der Waals surface area contributed by atoms with Crippen LogP contribution in [0, 0.1) is 5.82 Å². The molecule has 1 N–H and O–H groups in total. The van der Waals surface area contributed by atoms with Crippen molar-refractivity contribution in [2.45, 2.75) is 19.4 Å². The average molecular weight is 495 g/mol. The topological polar surface area (TPSA) is 71.3 Å². The third kappa shape index (κ3) is 4.47. The lowest BCUT2D eigenvalue weighted by molar-refractivity contribution is 0.205. The molecule has 34 heavy (non-hydrogen) atoms. The van der Waals surface area contributed by atoms with E-state index in [-0.39, 0.29) is 17.7 Å². The van der Waals surface area contributed by atoms with E-state index in [1.165, 1.54) is 17.0 Å². The summed E-state index contributed by atoms with van der Waals surface area (Å²) in [7, 11) is 0. The number of benzene rings is 2. The minimum atomic E-state index is -0.565. The van der Waals surface area contributed by atoms with E-state index in [0.717, 1.165) is 12.0 Å². The predicted molar refractivity (Wildman–Crippen MR) is 130 cm³/mol. The number of urea groups is 1. The zero-order chi connectivity index (χ0) is 23.7. The Morgan fingerprint density at radius 2 is 1.91 bits per heavy atom. The maximum Gasteiger partial charge on any atom is 0.322 e. The molecule has 1 atom stereocenters. The summed E-state index contributed by atoms with van der Waals surface area (Å²) in [4.78, 5) is 20.6. The molecule has 0 radical (unpaired) electrons. The second-order valence-corrected chi connectivity index (χ2v) is 9.31. The maximum atomic E-state index is 13.6. The van der Waals surface area contributed by atoms with E-state index in [9.17, 15) is 9.18 Å². The SMILES string of the molecule is CC1=C(c2nc(-c3ccc(Cl)cc3)no2)C(c2ccc(F)cc2)NC(=O)N1CCc1cccs1. The summed E-state index contributed by atoms with van der Waals surface area (Å²) in [6.07, 6.45) is 0.719. The summed E-state index contributed by atoms with van der Waals surface area (Å²) in [5.41, 5.74) is 2.85. The molecule has 4 aromatic rings. The van der Waals surface area contributed by atoms with Gasteiger partial charge in [-0.1, -0.05) is 35.0 Å². The van der Waals surface area contributed by atoms with Crippen molar-refractivity contribution in [1.82, 2.24) is 20.4 Å². The molecule has 0 aliphatic carbocycles. The zero-order valence-electron chi connectivity index (χ0n) is 18.2. The minimum Gasteiger partial charge on any atom is -0.334 e. The van der Waals surface area contributed by atoms with E-state index in [2.05, 4.69) is 15.5 Å². The smallest absolute Gasteiger partial charge is 0.322 e. The van der Waals surface area contributed by atoms with Crippen LogP contribution in [0.3, 0.4) is 0 Å². The van der Waals surface area contributed by atoms with Gasteiger partial charge in [-0.25, -0.2) is 9.18 Å². The molecule has 9 heteroatoms. The number of carbonyl (C=O) groups excluding carboxylic acids is 1. The average Bonchev–Trinajstić information content (AvgIpc) is 3.52. The number of thiophene rings is 1. The number of rotatable bonds is 6. The van der Waals surface area contributed by atoms with Gasteiger partial charge >= 0.3 is 6.03 Å². The van der Waals surface area contributed by atoms with Gasteiger partial charge in [0.2, 0.25) is 5.82 Å². The number of hydrogen-bond acceptors (Lipinski definition) is 5. The molecular weight excluding hydrogens is 475 g/mol. The molecule has 0 saturated carbocycles. The van der Waals surface area contributed by atoms with Crippen LogP contribution >= 0.6 is 22.9 Å². The second-order valence-electron chi connectivity index (χ2n) is 7.84. The Balaban J connectivity index is 1.55. The van der Waals surface area contributed by atoms with Crippen LogP contribution in [-0.4, -0.2) is 27.6 Å². The van der Waals surface area contributed by atoms with Crippen molar-refractivity contribution in [3.8, 4) is 11.4 Å². The summed E-state index contributed by atoms with van der Waals surface area (Å²) < 4.78 is 19.3. The molecule has 0 fully saturated rings. The second kappa shape index (κ2) is 9.40. The van der Waals surface area contributed by atoms with Gasteiger partial charge in [0.25, 0.3) is 5.89 Å². The number of allylic oxidation sites excluding steroid dienone is 1. The lowest BCUT2D eigenvalue weighted by Crippen LogP contribution is -2.46. The van der Waals surface area contributed by atoms with Crippen LogP contribution in [0.25, 0.3) is 17.0 Å². The Labute approximate surface area is 204 Å². The van der Waals surface area contributed by atoms with Crippen molar-refractivity contribution >= 4 is 34.5 Å². The van der Waals surface area contributed by atoms with Gasteiger partial charge in [-0.05, 0) is 66.8 Å². The van der Waals surface area contributed by atoms with Crippen molar-refractivity contribution in [3.05, 3.63) is 98.9 Å². The Hall–Kier alpha value is -3.49. The quantitative estimate of drug-likeness (QED) is 0.340. The molecule has 172 valence electrons. The lowest BCUT2D eigenvalue weighted by Gasteiger charge is -2.35. The third-order valence-electron chi connectivity index (χ3n) is 5.72. The Kier molecular flexibility index (Phi) is 6.17. The van der Waals surface area contributed by atoms with E-state index in [0.29, 0.717) is 34.2 Å². The summed E-state index contributed by atoms with van der Waals surface area (Å²) in [5.74, 6) is 0.346. The molecule has 0 saturated heterocycles. The fraction of sp³-hybridized carbons (Fsp3) is 0.160. The van der Waals surface area contributed by atoms with Gasteiger partial charge in [-0.2, -0.15) is 4.98 Å². The molecule has 1 aliphatic heterocycles. The van der Waals surface area contributed by atoms with Gasteiger partial charge < -0.3 is 9.84 Å². The van der Waals surface area contributed by atoms with Crippen molar-refractivity contribution in [3.63, 3.8) is 0 Å². The van der Waals surface area contributed by atoms with Crippen LogP contribution in [0.1, 0.15) is 29.3 Å². The van der Waals surface area contributed by atoms with Crippen LogP contribution in [0.5, 0.6) is 0 Å². The van der Waals surface area contributed by atoms with Crippen LogP contribution in [0.15, 0.2) is 76.3 Å². The van der Waals surface area contributed by atoms with E-state index >= 15 is 0 Å². The monoisotopic (exact) mass is 494 g/mol. The van der Waals surface area contributed by atoms with Gasteiger partial charge in [0, 0.05) is 27.7 Å². The molecule has 3 heterocycles. The Bertz CT molecular complexity index is 1330. The van der Waals surface area contributed by atoms with E-state index in [1.54, 1.807) is 40.5 Å². The highest BCUT2D eigenvalue weighted by atomic mass is 35.5. The largest absolute Gasteiger partial charge is 0.334 e. The molecule has 2 aromatic carbocycles. The number of nitrogens with one attached hydrogen (secondary N) is 1. The van der Waals surface area contributed by atoms with Gasteiger partial charge in [0.1, 0.15) is 5.82 Å². The first kappa shape index (κ1) is 22.3. The van der Waals surface area contributed by atoms with Crippen molar-refractivity contribution in [2.75, 3.05) is 6.54 Å². The highest BCUT2D eigenvalue weighted by Crippen LogP contribution is 2.37. The highest BCUT2D eigenvalue weighted by molar-refractivity contribution is 7.09. The normalized spacial score (nSPS) is 16.1. The van der Waals surface area contributed by atoms with Gasteiger partial charge in [-0.15, -0.1) is 11.3 Å². The van der Waals surface area contributed by atoms with Crippen LogP contribution in [0.2, 0.25) is 5.02 Å². The molecule has 1 unspecified atom stereocenters. The first-order valence-corrected chi connectivity index (χ1v) is 11.9. The molecule has 1 aliphatic rings. The highest BCUT2D eigenvalue weighted by Gasteiger charge is 2.35. The van der Waals surface area contributed by atoms with Crippen molar-refractivity contribution in [2.24, 2.45) is 0 Å². The van der Waals surface area contributed by atoms with Gasteiger partial charge in [0.15, 0.2) is 0 Å². The maximum absolute atomic E-state index is 13.6. The molecule has 0 bridgehead atoms. The number of hydrogen-bond donors (Lipinski definition) is 1. The fourth-order valence-electron chi connectivity index (χ4n) is 3.96. The summed E-state index contributed by atoms with van der Waals surface area (Å²) >= 11 is 7.65. The van der Waals surface area contributed by atoms with Crippen molar-refractivity contribution in [1.29, 1.82) is 0 Å². The third-order valence-corrected chi connectivity index (χ3v) is 6.91. The number of amides is 2. The molecular formula is C25H20ClFN4O2S. The summed E-state index contributed by atoms with van der Waals surface area (Å²) in [6, 6.07) is 16.4. The lowest BCUT2D eigenvalue weighted by atomic mass is 9.94. The van der Waals surface area contributed by atoms with Crippen molar-refractivity contribution < 1.29 is 13.7 Å². The zero-order valence-corrected chi connectivity index (χ0v) is 19.7. The molecule has 0 spiro atoms. The Morgan fingerprint density at radius 1 is 1.15 bits per heavy atom. The number of aromatic nitrogens is 2. The predicted octanol–water partition coefficient (Wildman–Crippen LogP) is 6.33. The first-order chi connectivity index (χ1) is 16.5. The first-order valence-electron chi connectivity index (χ1n) is 10.7. The summed E-state index contributed by atoms with van der Waals surface area (Å²) in [5, 5.41) is 9.80. The van der Waals surface area contributed by atoms with Crippen LogP contribution in [-0.2, 0) is 6.42 Å². The van der Waals surface area contributed by atoms with Crippen LogP contribution in [0.4, 0.5) is 9.18 Å². The fourth-order valence-corrected chi connectivity index (χ4v) is 4.78. The molecule has 2 amide bonds. The van der Waals surface area contributed by atoms with Gasteiger partial charge in [-0.3, -0.25) is 4.90 Å². The molecule has 2 aromatic heterocycles. The number of halogens is 2. The number of carbonyl (C=O) groups is 1. The molecule has 5 rings (SSSR count). The standard InChI is InChI=1S/C25H20ClFN4O2S/c1-15-21(24-29-23(30-33-24)17-4-8-18(26)9-5-17)22(16-6-10-19(27)11-7-16)28-25(32)31(15)13-12-20-3-2-14-34-20/h2-11,14,22H,12-13H2,1H3,(H,28,32). The summed E-state index contributed by atoms with van der Waals surface area (Å²) in [6.45, 7) is 2.36. The minimum absolute atomic E-state index is 0.232. The molecule has 6 nitrogen and oxygen atoms in total. The van der Waals surface area contributed by atoms with Gasteiger partial charge in [0.05, 0.1) is 11.6 Å². The van der Waals surface area contributed by atoms with E-state index in [4.69, 9.17) is 16.1 Å². The van der Waals surface area contributed by atoms with Crippen LogP contribution < -0.4 is 5.32 Å². The van der Waals surface area contributed by atoms with E-state index in [1.807, 2.05) is 36.6 Å². The van der Waals surface area contributed by atoms with E-state index < -0.39 is 6.04 Å². The number of nitrogens with zero attached hydrogens (tertiary/aromatic N) is 3. The Morgan fingerprint density at radius 3 is 2.62 bits per heavy atom.